The van der Waals surface area contributed by atoms with E-state index in [4.69, 9.17) is 4.74 Å². The van der Waals surface area contributed by atoms with Crippen molar-refractivity contribution in [3.05, 3.63) is 30.1 Å². The van der Waals surface area contributed by atoms with Gasteiger partial charge in [-0.2, -0.15) is 0 Å². The SMILES string of the molecule is c1cc(CN2C[C@H]3CCN(C[C@H]4CCCO4)C[C@H]3C2)ccn1. The molecule has 0 N–H and O–H groups in total. The summed E-state index contributed by atoms with van der Waals surface area (Å²) < 4.78 is 5.81. The summed E-state index contributed by atoms with van der Waals surface area (Å²) in [4.78, 5) is 9.41. The second-order valence-corrected chi connectivity index (χ2v) is 7.25. The predicted molar refractivity (Wildman–Crippen MR) is 86.5 cm³/mol. The maximum absolute atomic E-state index is 5.81. The first-order chi connectivity index (χ1) is 10.9. The Balaban J connectivity index is 1.29. The van der Waals surface area contributed by atoms with E-state index >= 15 is 0 Å². The van der Waals surface area contributed by atoms with E-state index < -0.39 is 0 Å². The summed E-state index contributed by atoms with van der Waals surface area (Å²) in [6.45, 7) is 8.30. The van der Waals surface area contributed by atoms with Crippen molar-refractivity contribution in [2.75, 3.05) is 39.3 Å². The molecule has 4 heterocycles. The quantitative estimate of drug-likeness (QED) is 0.851. The fraction of sp³-hybridized carbons (Fsp3) is 0.722. The molecular formula is C18H27N3O. The number of ether oxygens (including phenoxy) is 1. The van der Waals surface area contributed by atoms with Crippen molar-refractivity contribution in [2.45, 2.75) is 31.9 Å². The maximum atomic E-state index is 5.81. The number of hydrogen-bond acceptors (Lipinski definition) is 4. The smallest absolute Gasteiger partial charge is 0.0702 e. The van der Waals surface area contributed by atoms with Gasteiger partial charge in [0.1, 0.15) is 0 Å². The van der Waals surface area contributed by atoms with Gasteiger partial charge in [0.15, 0.2) is 0 Å². The molecule has 0 radical (unpaired) electrons. The van der Waals surface area contributed by atoms with Crippen LogP contribution in [0.1, 0.15) is 24.8 Å². The van der Waals surface area contributed by atoms with Crippen LogP contribution in [0.15, 0.2) is 24.5 Å². The number of rotatable bonds is 4. The molecule has 3 atom stereocenters. The Morgan fingerprint density at radius 1 is 1.05 bits per heavy atom. The Morgan fingerprint density at radius 2 is 1.86 bits per heavy atom. The predicted octanol–water partition coefficient (Wildman–Crippen LogP) is 2.01. The van der Waals surface area contributed by atoms with Gasteiger partial charge in [-0.25, -0.2) is 0 Å². The number of likely N-dealkylation sites (tertiary alicyclic amines) is 2. The van der Waals surface area contributed by atoms with E-state index in [-0.39, 0.29) is 0 Å². The van der Waals surface area contributed by atoms with E-state index in [1.807, 2.05) is 12.4 Å². The van der Waals surface area contributed by atoms with Crippen LogP contribution in [0.5, 0.6) is 0 Å². The molecule has 3 fully saturated rings. The first-order valence-electron chi connectivity index (χ1n) is 8.82. The molecule has 0 spiro atoms. The van der Waals surface area contributed by atoms with Gasteiger partial charge in [0, 0.05) is 51.7 Å². The number of pyridine rings is 1. The van der Waals surface area contributed by atoms with Gasteiger partial charge in [-0.3, -0.25) is 9.88 Å². The third-order valence-corrected chi connectivity index (χ3v) is 5.60. The fourth-order valence-electron chi connectivity index (χ4n) is 4.46. The molecule has 22 heavy (non-hydrogen) atoms. The number of nitrogens with zero attached hydrogens (tertiary/aromatic N) is 3. The third-order valence-electron chi connectivity index (χ3n) is 5.60. The Labute approximate surface area is 133 Å². The Hall–Kier alpha value is -0.970. The largest absolute Gasteiger partial charge is 0.377 e. The minimum Gasteiger partial charge on any atom is -0.377 e. The number of aromatic nitrogens is 1. The van der Waals surface area contributed by atoms with Gasteiger partial charge in [0.05, 0.1) is 6.10 Å². The average molecular weight is 301 g/mol. The van der Waals surface area contributed by atoms with Gasteiger partial charge >= 0.3 is 0 Å². The summed E-state index contributed by atoms with van der Waals surface area (Å²) >= 11 is 0. The molecule has 0 aliphatic carbocycles. The fourth-order valence-corrected chi connectivity index (χ4v) is 4.46. The molecule has 1 aromatic rings. The lowest BCUT2D eigenvalue weighted by Crippen LogP contribution is -2.43. The molecule has 0 unspecified atom stereocenters. The Morgan fingerprint density at radius 3 is 2.68 bits per heavy atom. The van der Waals surface area contributed by atoms with Crippen molar-refractivity contribution in [1.82, 2.24) is 14.8 Å². The lowest BCUT2D eigenvalue weighted by atomic mass is 9.88. The zero-order chi connectivity index (χ0) is 14.8. The second kappa shape index (κ2) is 6.65. The van der Waals surface area contributed by atoms with Gasteiger partial charge in [-0.15, -0.1) is 0 Å². The molecule has 1 aromatic heterocycles. The van der Waals surface area contributed by atoms with Crippen molar-refractivity contribution in [3.8, 4) is 0 Å². The summed E-state index contributed by atoms with van der Waals surface area (Å²) in [6, 6.07) is 4.29. The van der Waals surface area contributed by atoms with E-state index in [0.29, 0.717) is 6.10 Å². The van der Waals surface area contributed by atoms with Crippen LogP contribution in [0.2, 0.25) is 0 Å². The van der Waals surface area contributed by atoms with Gasteiger partial charge < -0.3 is 9.64 Å². The van der Waals surface area contributed by atoms with Crippen LogP contribution >= 0.6 is 0 Å². The summed E-state index contributed by atoms with van der Waals surface area (Å²) in [6.07, 6.45) is 8.20. The molecule has 4 rings (SSSR count). The van der Waals surface area contributed by atoms with Gasteiger partial charge in [0.2, 0.25) is 0 Å². The zero-order valence-electron chi connectivity index (χ0n) is 13.4. The van der Waals surface area contributed by atoms with Crippen molar-refractivity contribution in [1.29, 1.82) is 0 Å². The van der Waals surface area contributed by atoms with Crippen LogP contribution < -0.4 is 0 Å². The highest BCUT2D eigenvalue weighted by molar-refractivity contribution is 5.10. The molecule has 4 nitrogen and oxygen atoms in total. The molecule has 4 heteroatoms. The van der Waals surface area contributed by atoms with Crippen LogP contribution in [0.25, 0.3) is 0 Å². The molecule has 3 aliphatic rings. The van der Waals surface area contributed by atoms with Crippen molar-refractivity contribution in [2.24, 2.45) is 11.8 Å². The van der Waals surface area contributed by atoms with E-state index in [0.717, 1.165) is 31.5 Å². The van der Waals surface area contributed by atoms with Crippen LogP contribution in [0.4, 0.5) is 0 Å². The lowest BCUT2D eigenvalue weighted by molar-refractivity contribution is 0.0507. The molecule has 0 saturated carbocycles. The summed E-state index contributed by atoms with van der Waals surface area (Å²) in [5, 5.41) is 0. The minimum atomic E-state index is 0.505. The van der Waals surface area contributed by atoms with Crippen molar-refractivity contribution >= 4 is 0 Å². The minimum absolute atomic E-state index is 0.505. The van der Waals surface area contributed by atoms with Crippen LogP contribution in [-0.4, -0.2) is 60.2 Å². The van der Waals surface area contributed by atoms with Gasteiger partial charge in [-0.05, 0) is 55.3 Å². The topological polar surface area (TPSA) is 28.6 Å². The maximum Gasteiger partial charge on any atom is 0.0702 e. The highest BCUT2D eigenvalue weighted by atomic mass is 16.5. The number of piperidine rings is 1. The Kier molecular flexibility index (Phi) is 4.42. The molecule has 120 valence electrons. The molecule has 0 amide bonds. The standard InChI is InChI=1S/C18H27N3O/c1-2-18(22-9-1)14-20-8-5-16-11-21(13-17(16)12-20)10-15-3-6-19-7-4-15/h3-4,6-7,16-18H,1-2,5,8-14H2/t16-,17+,18-/m1/s1. The van der Waals surface area contributed by atoms with Gasteiger partial charge in [0.25, 0.3) is 0 Å². The molecule has 0 aromatic carbocycles. The van der Waals surface area contributed by atoms with Crippen LogP contribution in [0.3, 0.4) is 0 Å². The van der Waals surface area contributed by atoms with Gasteiger partial charge in [-0.1, -0.05) is 0 Å². The Bertz CT molecular complexity index is 474. The van der Waals surface area contributed by atoms with E-state index in [1.54, 1.807) is 0 Å². The summed E-state index contributed by atoms with van der Waals surface area (Å²) in [7, 11) is 0. The monoisotopic (exact) mass is 301 g/mol. The molecule has 3 aliphatic heterocycles. The number of fused-ring (bicyclic) bond motifs is 1. The first-order valence-corrected chi connectivity index (χ1v) is 8.82. The second-order valence-electron chi connectivity index (χ2n) is 7.25. The van der Waals surface area contributed by atoms with Crippen molar-refractivity contribution < 1.29 is 4.74 Å². The molecule has 0 bridgehead atoms. The number of hydrogen-bond donors (Lipinski definition) is 0. The zero-order valence-corrected chi connectivity index (χ0v) is 13.4. The van der Waals surface area contributed by atoms with E-state index in [2.05, 4.69) is 26.9 Å². The third kappa shape index (κ3) is 3.34. The molecule has 3 saturated heterocycles. The first kappa shape index (κ1) is 14.6. The highest BCUT2D eigenvalue weighted by Crippen LogP contribution is 2.32. The lowest BCUT2D eigenvalue weighted by Gasteiger charge is -2.35. The van der Waals surface area contributed by atoms with Crippen molar-refractivity contribution in [3.63, 3.8) is 0 Å². The van der Waals surface area contributed by atoms with Crippen LogP contribution in [-0.2, 0) is 11.3 Å². The van der Waals surface area contributed by atoms with Crippen LogP contribution in [0, 0.1) is 11.8 Å². The highest BCUT2D eigenvalue weighted by Gasteiger charge is 2.37. The summed E-state index contributed by atoms with van der Waals surface area (Å²) in [5.41, 5.74) is 1.39. The summed E-state index contributed by atoms with van der Waals surface area (Å²) in [5.74, 6) is 1.76. The molecular weight excluding hydrogens is 274 g/mol. The normalized spacial score (nSPS) is 33.2. The average Bonchev–Trinajstić information content (AvgIpc) is 3.17. The van der Waals surface area contributed by atoms with E-state index in [1.165, 1.54) is 51.0 Å². The van der Waals surface area contributed by atoms with E-state index in [9.17, 15) is 0 Å².